The molecule has 0 amide bonds. The van der Waals surface area contributed by atoms with E-state index in [1.807, 2.05) is 23.8 Å². The monoisotopic (exact) mass is 259 g/mol. The summed E-state index contributed by atoms with van der Waals surface area (Å²) in [5, 5.41) is 8.00. The number of hydrogen-bond acceptors (Lipinski definition) is 4. The molecule has 1 aliphatic heterocycles. The molecular formula is C14H21N5. The van der Waals surface area contributed by atoms with E-state index >= 15 is 0 Å². The standard InChI is InChI=1S/C14H21N5/c1-3-18-7-4-12(5-8-18)16-14-13-10-11(2)17-19(13)9-6-15-14/h6,9-10,12H,3-5,7-8H2,1-2H3,(H,15,16). The van der Waals surface area contributed by atoms with Crippen LogP contribution < -0.4 is 5.32 Å². The average molecular weight is 259 g/mol. The molecule has 5 nitrogen and oxygen atoms in total. The molecule has 2 aromatic rings. The van der Waals surface area contributed by atoms with Gasteiger partial charge in [0.25, 0.3) is 0 Å². The maximum atomic E-state index is 4.47. The van der Waals surface area contributed by atoms with E-state index in [4.69, 9.17) is 0 Å². The van der Waals surface area contributed by atoms with E-state index in [0.717, 1.165) is 23.6 Å². The molecule has 0 unspecified atom stereocenters. The number of rotatable bonds is 3. The zero-order chi connectivity index (χ0) is 13.2. The van der Waals surface area contributed by atoms with Crippen molar-refractivity contribution in [1.82, 2.24) is 19.5 Å². The average Bonchev–Trinajstić information content (AvgIpc) is 2.81. The van der Waals surface area contributed by atoms with E-state index in [0.29, 0.717) is 6.04 Å². The molecule has 0 bridgehead atoms. The zero-order valence-corrected chi connectivity index (χ0v) is 11.6. The van der Waals surface area contributed by atoms with Gasteiger partial charge in [-0.2, -0.15) is 5.10 Å². The number of nitrogens with zero attached hydrogens (tertiary/aromatic N) is 4. The van der Waals surface area contributed by atoms with Crippen LogP contribution in [-0.4, -0.2) is 45.2 Å². The van der Waals surface area contributed by atoms with Crippen LogP contribution in [0, 0.1) is 6.92 Å². The van der Waals surface area contributed by atoms with Crippen LogP contribution in [0.2, 0.25) is 0 Å². The maximum Gasteiger partial charge on any atom is 0.152 e. The van der Waals surface area contributed by atoms with Gasteiger partial charge in [-0.25, -0.2) is 9.50 Å². The van der Waals surface area contributed by atoms with Gasteiger partial charge in [-0.1, -0.05) is 6.92 Å². The highest BCUT2D eigenvalue weighted by atomic mass is 15.2. The third-order valence-electron chi connectivity index (χ3n) is 3.89. The fourth-order valence-electron chi connectivity index (χ4n) is 2.74. The second-order valence-electron chi connectivity index (χ2n) is 5.24. The predicted molar refractivity (Wildman–Crippen MR) is 76.5 cm³/mol. The van der Waals surface area contributed by atoms with Crippen LogP contribution in [0.3, 0.4) is 0 Å². The Kier molecular flexibility index (Phi) is 3.38. The normalized spacial score (nSPS) is 18.0. The summed E-state index contributed by atoms with van der Waals surface area (Å²) in [6.45, 7) is 7.75. The van der Waals surface area contributed by atoms with Crippen molar-refractivity contribution in [3.8, 4) is 0 Å². The Morgan fingerprint density at radius 2 is 2.16 bits per heavy atom. The number of fused-ring (bicyclic) bond motifs is 1. The third-order valence-corrected chi connectivity index (χ3v) is 3.89. The Hall–Kier alpha value is -1.62. The van der Waals surface area contributed by atoms with Crippen LogP contribution in [0.5, 0.6) is 0 Å². The first-order valence-corrected chi connectivity index (χ1v) is 7.06. The van der Waals surface area contributed by atoms with Gasteiger partial charge in [0.2, 0.25) is 0 Å². The number of hydrogen-bond donors (Lipinski definition) is 1. The lowest BCUT2D eigenvalue weighted by molar-refractivity contribution is 0.229. The van der Waals surface area contributed by atoms with Crippen LogP contribution in [0.25, 0.3) is 5.52 Å². The van der Waals surface area contributed by atoms with Crippen LogP contribution in [0.4, 0.5) is 5.82 Å². The molecule has 0 saturated carbocycles. The van der Waals surface area contributed by atoms with Crippen molar-refractivity contribution in [2.24, 2.45) is 0 Å². The summed E-state index contributed by atoms with van der Waals surface area (Å²) in [4.78, 5) is 6.96. The van der Waals surface area contributed by atoms with Gasteiger partial charge in [-0.3, -0.25) is 0 Å². The Balaban J connectivity index is 1.75. The molecule has 0 aliphatic carbocycles. The van der Waals surface area contributed by atoms with E-state index in [2.05, 4.69) is 33.3 Å². The van der Waals surface area contributed by atoms with Crippen molar-refractivity contribution < 1.29 is 0 Å². The molecule has 5 heteroatoms. The molecular weight excluding hydrogens is 238 g/mol. The van der Waals surface area contributed by atoms with Crippen molar-refractivity contribution in [3.63, 3.8) is 0 Å². The molecule has 1 N–H and O–H groups in total. The minimum Gasteiger partial charge on any atom is -0.365 e. The van der Waals surface area contributed by atoms with Crippen molar-refractivity contribution >= 4 is 11.3 Å². The molecule has 1 aliphatic rings. The Labute approximate surface area is 113 Å². The summed E-state index contributed by atoms with van der Waals surface area (Å²) >= 11 is 0. The second kappa shape index (κ2) is 5.17. The van der Waals surface area contributed by atoms with Crippen molar-refractivity contribution in [1.29, 1.82) is 0 Å². The molecule has 3 heterocycles. The number of aryl methyl sites for hydroxylation is 1. The van der Waals surface area contributed by atoms with Crippen molar-refractivity contribution in [3.05, 3.63) is 24.2 Å². The summed E-state index contributed by atoms with van der Waals surface area (Å²) < 4.78 is 1.89. The summed E-state index contributed by atoms with van der Waals surface area (Å²) in [6.07, 6.45) is 6.07. The minimum atomic E-state index is 0.525. The lowest BCUT2D eigenvalue weighted by Gasteiger charge is -2.31. The van der Waals surface area contributed by atoms with E-state index in [-0.39, 0.29) is 0 Å². The summed E-state index contributed by atoms with van der Waals surface area (Å²) in [6, 6.07) is 2.60. The molecule has 102 valence electrons. The molecule has 0 radical (unpaired) electrons. The molecule has 3 rings (SSSR count). The quantitative estimate of drug-likeness (QED) is 0.915. The van der Waals surface area contributed by atoms with Crippen LogP contribution in [0.15, 0.2) is 18.5 Å². The Morgan fingerprint density at radius 3 is 2.89 bits per heavy atom. The first-order valence-electron chi connectivity index (χ1n) is 7.06. The molecule has 0 atom stereocenters. The first-order chi connectivity index (χ1) is 9.26. The molecule has 1 saturated heterocycles. The van der Waals surface area contributed by atoms with E-state index in [1.165, 1.54) is 25.9 Å². The van der Waals surface area contributed by atoms with Gasteiger partial charge in [-0.15, -0.1) is 0 Å². The largest absolute Gasteiger partial charge is 0.365 e. The Morgan fingerprint density at radius 1 is 1.37 bits per heavy atom. The first kappa shape index (κ1) is 12.4. The van der Waals surface area contributed by atoms with Gasteiger partial charge >= 0.3 is 0 Å². The molecule has 0 aromatic carbocycles. The highest BCUT2D eigenvalue weighted by Gasteiger charge is 2.19. The Bertz CT molecular complexity index is 554. The fourth-order valence-corrected chi connectivity index (χ4v) is 2.74. The predicted octanol–water partition coefficient (Wildman–Crippen LogP) is 1.93. The number of aromatic nitrogens is 3. The highest BCUT2D eigenvalue weighted by Crippen LogP contribution is 2.19. The lowest BCUT2D eigenvalue weighted by Crippen LogP contribution is -2.39. The minimum absolute atomic E-state index is 0.525. The highest BCUT2D eigenvalue weighted by molar-refractivity contribution is 5.68. The van der Waals surface area contributed by atoms with Gasteiger partial charge in [0, 0.05) is 31.5 Å². The molecule has 0 spiro atoms. The maximum absolute atomic E-state index is 4.47. The summed E-state index contributed by atoms with van der Waals surface area (Å²) in [5.41, 5.74) is 2.09. The van der Waals surface area contributed by atoms with E-state index in [1.54, 1.807) is 0 Å². The molecule has 1 fully saturated rings. The fraction of sp³-hybridized carbons (Fsp3) is 0.571. The van der Waals surface area contributed by atoms with Gasteiger partial charge in [-0.05, 0) is 32.4 Å². The smallest absolute Gasteiger partial charge is 0.152 e. The van der Waals surface area contributed by atoms with Crippen LogP contribution in [0.1, 0.15) is 25.5 Å². The van der Waals surface area contributed by atoms with Crippen LogP contribution >= 0.6 is 0 Å². The van der Waals surface area contributed by atoms with Gasteiger partial charge in [0.05, 0.1) is 5.69 Å². The van der Waals surface area contributed by atoms with Gasteiger partial charge in [0.15, 0.2) is 5.82 Å². The molecule has 2 aromatic heterocycles. The zero-order valence-electron chi connectivity index (χ0n) is 11.6. The van der Waals surface area contributed by atoms with Crippen LogP contribution in [-0.2, 0) is 0 Å². The van der Waals surface area contributed by atoms with Crippen molar-refractivity contribution in [2.75, 3.05) is 25.0 Å². The van der Waals surface area contributed by atoms with Crippen molar-refractivity contribution in [2.45, 2.75) is 32.7 Å². The SMILES string of the molecule is CCN1CCC(Nc2nccn3nc(C)cc23)CC1. The number of piperidine rings is 1. The van der Waals surface area contributed by atoms with E-state index < -0.39 is 0 Å². The second-order valence-corrected chi connectivity index (χ2v) is 5.24. The topological polar surface area (TPSA) is 45.5 Å². The van der Waals surface area contributed by atoms with E-state index in [9.17, 15) is 0 Å². The van der Waals surface area contributed by atoms with Gasteiger partial charge < -0.3 is 10.2 Å². The summed E-state index contributed by atoms with van der Waals surface area (Å²) in [7, 11) is 0. The lowest BCUT2D eigenvalue weighted by atomic mass is 10.1. The summed E-state index contributed by atoms with van der Waals surface area (Å²) in [5.74, 6) is 0.957. The number of likely N-dealkylation sites (tertiary alicyclic amines) is 1. The number of anilines is 1. The molecule has 19 heavy (non-hydrogen) atoms. The van der Waals surface area contributed by atoms with Gasteiger partial charge in [0.1, 0.15) is 5.52 Å². The number of nitrogens with one attached hydrogen (secondary N) is 1. The third kappa shape index (κ3) is 2.56.